The third-order valence-electron chi connectivity index (χ3n) is 4.01. The quantitative estimate of drug-likeness (QED) is 0.608. The lowest BCUT2D eigenvalue weighted by atomic mass is 10.1. The molecular formula is C20H24N4OS. The molecule has 0 fully saturated rings. The van der Waals surface area contributed by atoms with Crippen LogP contribution in [0.25, 0.3) is 16.8 Å². The van der Waals surface area contributed by atoms with Crippen LogP contribution in [-0.4, -0.2) is 24.6 Å². The van der Waals surface area contributed by atoms with E-state index in [1.54, 1.807) is 33.1 Å². The van der Waals surface area contributed by atoms with Gasteiger partial charge in [0, 0.05) is 47.1 Å². The van der Waals surface area contributed by atoms with Crippen LogP contribution in [-0.2, 0) is 6.54 Å². The average molecular weight is 369 g/mol. The summed E-state index contributed by atoms with van der Waals surface area (Å²) >= 11 is 1.76. The molecule has 3 aromatic rings. The largest absolute Gasteiger partial charge is 0.313 e. The molecule has 0 aliphatic carbocycles. The molecule has 26 heavy (non-hydrogen) atoms. The van der Waals surface area contributed by atoms with E-state index in [9.17, 15) is 4.79 Å². The summed E-state index contributed by atoms with van der Waals surface area (Å²) in [6, 6.07) is 7.56. The number of aryl methyl sites for hydroxylation is 2. The fourth-order valence-electron chi connectivity index (χ4n) is 2.82. The summed E-state index contributed by atoms with van der Waals surface area (Å²) in [5.41, 5.74) is 3.98. The molecule has 3 aromatic heterocycles. The summed E-state index contributed by atoms with van der Waals surface area (Å²) < 4.78 is 3.53. The molecule has 0 aliphatic heterocycles. The van der Waals surface area contributed by atoms with Gasteiger partial charge in [0.15, 0.2) is 0 Å². The molecule has 0 saturated carbocycles. The molecule has 0 spiro atoms. The van der Waals surface area contributed by atoms with Gasteiger partial charge < -0.3 is 4.57 Å². The van der Waals surface area contributed by atoms with Gasteiger partial charge in [-0.1, -0.05) is 20.8 Å². The minimum absolute atomic E-state index is 0.0151. The smallest absolute Gasteiger partial charge is 0.250 e. The van der Waals surface area contributed by atoms with Gasteiger partial charge >= 0.3 is 0 Å². The Morgan fingerprint density at radius 1 is 1.15 bits per heavy atom. The molecule has 5 nitrogen and oxygen atoms in total. The molecule has 0 unspecified atom stereocenters. The maximum absolute atomic E-state index is 11.9. The van der Waals surface area contributed by atoms with E-state index < -0.39 is 0 Å². The zero-order chi connectivity index (χ0) is 18.7. The van der Waals surface area contributed by atoms with Crippen molar-refractivity contribution in [2.24, 2.45) is 0 Å². The van der Waals surface area contributed by atoms with Crippen molar-refractivity contribution >= 4 is 11.8 Å². The first kappa shape index (κ1) is 18.5. The lowest BCUT2D eigenvalue weighted by Crippen LogP contribution is -2.19. The van der Waals surface area contributed by atoms with Crippen molar-refractivity contribution < 1.29 is 0 Å². The number of rotatable bonds is 6. The third-order valence-corrected chi connectivity index (χ3v) is 4.95. The Morgan fingerprint density at radius 2 is 1.96 bits per heavy atom. The number of aromatic nitrogens is 4. The van der Waals surface area contributed by atoms with Gasteiger partial charge in [-0.3, -0.25) is 4.79 Å². The van der Waals surface area contributed by atoms with E-state index in [0.717, 1.165) is 34.0 Å². The van der Waals surface area contributed by atoms with E-state index in [-0.39, 0.29) is 5.56 Å². The normalized spacial score (nSPS) is 11.3. The highest BCUT2D eigenvalue weighted by Gasteiger charge is 2.10. The number of thioether (sulfide) groups is 1. The lowest BCUT2D eigenvalue weighted by Gasteiger charge is -2.08. The van der Waals surface area contributed by atoms with Crippen LogP contribution in [0.3, 0.4) is 0 Å². The number of hydrogen-bond acceptors (Lipinski definition) is 4. The van der Waals surface area contributed by atoms with E-state index in [0.29, 0.717) is 11.8 Å². The van der Waals surface area contributed by atoms with Crippen molar-refractivity contribution in [1.82, 2.24) is 19.3 Å². The second kappa shape index (κ2) is 7.91. The van der Waals surface area contributed by atoms with Crippen LogP contribution < -0.4 is 5.56 Å². The first-order valence-electron chi connectivity index (χ1n) is 8.88. The molecule has 136 valence electrons. The Labute approximate surface area is 158 Å². The number of nitrogens with zero attached hydrogens (tertiary/aromatic N) is 4. The highest BCUT2D eigenvalue weighted by Crippen LogP contribution is 2.27. The first-order chi connectivity index (χ1) is 12.5. The molecule has 0 saturated heterocycles. The molecule has 0 amide bonds. The van der Waals surface area contributed by atoms with Crippen molar-refractivity contribution in [3.8, 4) is 16.8 Å². The number of pyridine rings is 2. The van der Waals surface area contributed by atoms with Crippen molar-refractivity contribution in [1.29, 1.82) is 0 Å². The van der Waals surface area contributed by atoms with Crippen molar-refractivity contribution in [3.63, 3.8) is 0 Å². The summed E-state index contributed by atoms with van der Waals surface area (Å²) in [7, 11) is 0. The molecule has 0 aliphatic rings. The van der Waals surface area contributed by atoms with Gasteiger partial charge in [0.2, 0.25) is 0 Å². The minimum Gasteiger partial charge on any atom is -0.313 e. The predicted octanol–water partition coefficient (Wildman–Crippen LogP) is 4.31. The van der Waals surface area contributed by atoms with Gasteiger partial charge in [-0.05, 0) is 31.5 Å². The van der Waals surface area contributed by atoms with Crippen LogP contribution in [0.4, 0.5) is 0 Å². The molecule has 0 aromatic carbocycles. The second-order valence-electron chi connectivity index (χ2n) is 6.54. The Morgan fingerprint density at radius 3 is 2.65 bits per heavy atom. The fourth-order valence-corrected chi connectivity index (χ4v) is 3.64. The number of hydrogen-bond donors (Lipinski definition) is 0. The molecule has 0 bridgehead atoms. The zero-order valence-corrected chi connectivity index (χ0v) is 16.5. The SMILES string of the molecule is CCCn1cc(-n2cc(-c3ccc(SC(C)C)nc3C)cn2)ccc1=O. The maximum Gasteiger partial charge on any atom is 0.250 e. The zero-order valence-electron chi connectivity index (χ0n) is 15.6. The third kappa shape index (κ3) is 4.07. The Kier molecular flexibility index (Phi) is 5.61. The topological polar surface area (TPSA) is 52.7 Å². The van der Waals surface area contributed by atoms with Gasteiger partial charge in [0.1, 0.15) is 0 Å². The maximum atomic E-state index is 11.9. The van der Waals surface area contributed by atoms with E-state index in [2.05, 4.69) is 38.0 Å². The van der Waals surface area contributed by atoms with Crippen LogP contribution in [0.15, 0.2) is 52.7 Å². The van der Waals surface area contributed by atoms with Crippen molar-refractivity contribution in [2.45, 2.75) is 50.9 Å². The highest BCUT2D eigenvalue weighted by molar-refractivity contribution is 7.99. The monoisotopic (exact) mass is 368 g/mol. The molecule has 3 rings (SSSR count). The first-order valence-corrected chi connectivity index (χ1v) is 9.76. The predicted molar refractivity (Wildman–Crippen MR) is 107 cm³/mol. The lowest BCUT2D eigenvalue weighted by molar-refractivity contribution is 0.648. The summed E-state index contributed by atoms with van der Waals surface area (Å²) in [5.74, 6) is 0. The Hall–Kier alpha value is -2.34. The van der Waals surface area contributed by atoms with Gasteiger partial charge in [0.05, 0.1) is 16.9 Å². The molecule has 0 N–H and O–H groups in total. The molecule has 0 radical (unpaired) electrons. The molecule has 0 atom stereocenters. The van der Waals surface area contributed by atoms with Gasteiger partial charge in [-0.15, -0.1) is 11.8 Å². The summed E-state index contributed by atoms with van der Waals surface area (Å²) in [5, 5.41) is 6.02. The van der Waals surface area contributed by atoms with E-state index in [1.807, 2.05) is 25.5 Å². The van der Waals surface area contributed by atoms with Crippen molar-refractivity contribution in [2.75, 3.05) is 0 Å². The Balaban J connectivity index is 1.91. The van der Waals surface area contributed by atoms with Crippen molar-refractivity contribution in [3.05, 3.63) is 58.9 Å². The summed E-state index contributed by atoms with van der Waals surface area (Å²) in [4.78, 5) is 16.6. The van der Waals surface area contributed by atoms with Crippen LogP contribution in [0.2, 0.25) is 0 Å². The molecular weight excluding hydrogens is 344 g/mol. The molecule has 3 heterocycles. The second-order valence-corrected chi connectivity index (χ2v) is 8.14. The summed E-state index contributed by atoms with van der Waals surface area (Å²) in [6.07, 6.45) is 6.60. The van der Waals surface area contributed by atoms with E-state index >= 15 is 0 Å². The van der Waals surface area contributed by atoms with Crippen LogP contribution in [0, 0.1) is 6.92 Å². The summed E-state index contributed by atoms with van der Waals surface area (Å²) in [6.45, 7) is 9.12. The minimum atomic E-state index is 0.0151. The van der Waals surface area contributed by atoms with Gasteiger partial charge in [-0.25, -0.2) is 9.67 Å². The fraction of sp³-hybridized carbons (Fsp3) is 0.350. The molecule has 6 heteroatoms. The van der Waals surface area contributed by atoms with Gasteiger partial charge in [0.25, 0.3) is 5.56 Å². The average Bonchev–Trinajstić information content (AvgIpc) is 3.06. The van der Waals surface area contributed by atoms with Crippen LogP contribution >= 0.6 is 11.8 Å². The standard InChI is InChI=1S/C20H24N4OS/c1-5-10-23-13-17(6-9-20(23)25)24-12-16(11-21-24)18-7-8-19(22-15(18)4)26-14(2)3/h6-9,11-14H,5,10H2,1-4H3. The highest BCUT2D eigenvalue weighted by atomic mass is 32.2. The van der Waals surface area contributed by atoms with Gasteiger partial charge in [-0.2, -0.15) is 5.10 Å². The van der Waals surface area contributed by atoms with Crippen LogP contribution in [0.5, 0.6) is 0 Å². The van der Waals surface area contributed by atoms with E-state index in [1.165, 1.54) is 0 Å². The Bertz CT molecular complexity index is 958. The van der Waals surface area contributed by atoms with E-state index in [4.69, 9.17) is 4.98 Å². The van der Waals surface area contributed by atoms with Crippen LogP contribution in [0.1, 0.15) is 32.9 Å².